The fraction of sp³-hybridized carbons (Fsp3) is 1.00. The van der Waals surface area contributed by atoms with Gasteiger partial charge in [-0.15, -0.1) is 0 Å². The van der Waals surface area contributed by atoms with Gasteiger partial charge in [0, 0.05) is 0 Å². The standard InChI is InChI=1S/C5H14NO4P.Ca.2ClH/c1-6(2,3)4-5-10-11(7,8)9;;;/h4-5H2,1-3H3,(H-,7,8,9);;2*1H/q;+2;;/p-1. The molecule has 14 heavy (non-hydrogen) atoms. The van der Waals surface area contributed by atoms with E-state index in [4.69, 9.17) is 9.79 Å². The second-order valence-corrected chi connectivity index (χ2v) is 4.58. The van der Waals surface area contributed by atoms with Crippen LogP contribution in [-0.4, -0.2) is 86.3 Å². The largest absolute Gasteiger partial charge is 2.00 e. The minimum absolute atomic E-state index is 0. The number of hydrogen-bond acceptors (Lipinski definition) is 2. The first-order chi connectivity index (χ1) is 4.71. The number of halogens is 2. The van der Waals surface area contributed by atoms with Crippen LogP contribution in [0.5, 0.6) is 0 Å². The van der Waals surface area contributed by atoms with Crippen LogP contribution in [0.25, 0.3) is 0 Å². The van der Waals surface area contributed by atoms with E-state index in [1.807, 2.05) is 21.1 Å². The van der Waals surface area contributed by atoms with Gasteiger partial charge in [0.1, 0.15) is 13.2 Å². The van der Waals surface area contributed by atoms with E-state index in [-0.39, 0.29) is 69.2 Å². The van der Waals surface area contributed by atoms with Crippen molar-refractivity contribution in [3.63, 3.8) is 0 Å². The summed E-state index contributed by atoms with van der Waals surface area (Å²) in [5.41, 5.74) is 0. The molecule has 0 heterocycles. The predicted octanol–water partition coefficient (Wildman–Crippen LogP) is -6.57. The molecule has 0 aromatic heterocycles. The van der Waals surface area contributed by atoms with E-state index < -0.39 is 7.82 Å². The first-order valence-electron chi connectivity index (χ1n) is 3.21. The Kier molecular flexibility index (Phi) is 18.0. The van der Waals surface area contributed by atoms with Crippen molar-refractivity contribution in [3.8, 4) is 0 Å². The molecule has 0 rings (SSSR count). The molecule has 0 saturated carbocycles. The summed E-state index contributed by atoms with van der Waals surface area (Å²) >= 11 is 0. The van der Waals surface area contributed by atoms with Crippen LogP contribution in [0.1, 0.15) is 0 Å². The van der Waals surface area contributed by atoms with Gasteiger partial charge in [-0.3, -0.25) is 4.52 Å². The summed E-state index contributed by atoms with van der Waals surface area (Å²) in [6.07, 6.45) is 0. The minimum atomic E-state index is -4.26. The molecule has 2 N–H and O–H groups in total. The zero-order chi connectivity index (χ0) is 9.12. The fourth-order valence-corrected chi connectivity index (χ4v) is 0.753. The molecule has 0 saturated heterocycles. The SMILES string of the molecule is C[N+](C)(C)CCOP(=O)(O)O.[Ca+2].[Cl-].[Cl-]. The Bertz CT molecular complexity index is 172. The third-order valence-corrected chi connectivity index (χ3v) is 1.54. The molecule has 0 aliphatic rings. The maximum absolute atomic E-state index is 10.2. The summed E-state index contributed by atoms with van der Waals surface area (Å²) in [6, 6.07) is 0. The number of likely N-dealkylation sites (N-methyl/N-ethyl adjacent to an activating group) is 1. The van der Waals surface area contributed by atoms with Crippen LogP contribution >= 0.6 is 7.82 Å². The second-order valence-electron chi connectivity index (χ2n) is 3.34. The monoisotopic (exact) mass is 294 g/mol. The van der Waals surface area contributed by atoms with Crippen molar-refractivity contribution in [2.24, 2.45) is 0 Å². The molecular weight excluding hydrogens is 280 g/mol. The molecule has 0 atom stereocenters. The van der Waals surface area contributed by atoms with Crippen LogP contribution in [0.15, 0.2) is 0 Å². The van der Waals surface area contributed by atoms with Gasteiger partial charge in [0.05, 0.1) is 21.1 Å². The minimum Gasteiger partial charge on any atom is -1.00 e. The average Bonchev–Trinajstić information content (AvgIpc) is 1.55. The summed E-state index contributed by atoms with van der Waals surface area (Å²) in [5.74, 6) is 0. The maximum atomic E-state index is 10.2. The first kappa shape index (κ1) is 24.9. The maximum Gasteiger partial charge on any atom is 2.00 e. The quantitative estimate of drug-likeness (QED) is 0.307. The molecule has 84 valence electrons. The second kappa shape index (κ2) is 10.1. The smallest absolute Gasteiger partial charge is 1.00 e. The third-order valence-electron chi connectivity index (χ3n) is 1.02. The Morgan fingerprint density at radius 1 is 1.21 bits per heavy atom. The number of nitrogens with zero attached hydrogens (tertiary/aromatic N) is 1. The number of phosphoric ester groups is 1. The molecule has 5 nitrogen and oxygen atoms in total. The van der Waals surface area contributed by atoms with Crippen LogP contribution in [0, 0.1) is 0 Å². The molecule has 0 bridgehead atoms. The van der Waals surface area contributed by atoms with E-state index in [1.54, 1.807) is 0 Å². The molecule has 0 aromatic rings. The summed E-state index contributed by atoms with van der Waals surface area (Å²) in [4.78, 5) is 16.6. The average molecular weight is 295 g/mol. The van der Waals surface area contributed by atoms with E-state index in [1.165, 1.54) is 0 Å². The van der Waals surface area contributed by atoms with Gasteiger partial charge in [0.2, 0.25) is 0 Å². The Morgan fingerprint density at radius 2 is 1.57 bits per heavy atom. The van der Waals surface area contributed by atoms with Crippen molar-refractivity contribution in [1.82, 2.24) is 0 Å². The Balaban J connectivity index is -0.000000167. The third kappa shape index (κ3) is 23.6. The zero-order valence-corrected chi connectivity index (χ0v) is 13.1. The van der Waals surface area contributed by atoms with Crippen molar-refractivity contribution >= 4 is 45.6 Å². The summed E-state index contributed by atoms with van der Waals surface area (Å²) < 4.78 is 15.1. The van der Waals surface area contributed by atoms with Crippen molar-refractivity contribution in [3.05, 3.63) is 0 Å². The van der Waals surface area contributed by atoms with Crippen LogP contribution in [0.2, 0.25) is 0 Å². The predicted molar refractivity (Wildman–Crippen MR) is 46.6 cm³/mol. The Hall–Kier alpha value is 1.91. The normalized spacial score (nSPS) is 10.6. The van der Waals surface area contributed by atoms with Crippen LogP contribution in [-0.2, 0) is 9.09 Å². The molecule has 0 fully saturated rings. The fourth-order valence-electron chi connectivity index (χ4n) is 0.434. The number of rotatable bonds is 4. The number of hydrogen-bond donors (Lipinski definition) is 2. The van der Waals surface area contributed by atoms with Gasteiger partial charge in [-0.1, -0.05) is 0 Å². The summed E-state index contributed by atoms with van der Waals surface area (Å²) in [5, 5.41) is 0. The van der Waals surface area contributed by atoms with Crippen molar-refractivity contribution in [2.75, 3.05) is 34.3 Å². The molecule has 0 aromatic carbocycles. The molecule has 0 radical (unpaired) electrons. The van der Waals surface area contributed by atoms with Gasteiger partial charge in [-0.25, -0.2) is 4.57 Å². The van der Waals surface area contributed by atoms with Crippen LogP contribution in [0.4, 0.5) is 0 Å². The van der Waals surface area contributed by atoms with Gasteiger partial charge < -0.3 is 39.1 Å². The van der Waals surface area contributed by atoms with Gasteiger partial charge in [-0.05, 0) is 0 Å². The van der Waals surface area contributed by atoms with Gasteiger partial charge in [-0.2, -0.15) is 0 Å². The molecular formula is C5H15CaCl2NO4P+. The molecule has 0 unspecified atom stereocenters. The Labute approximate surface area is 127 Å². The molecule has 0 aliphatic carbocycles. The van der Waals surface area contributed by atoms with Gasteiger partial charge >= 0.3 is 45.6 Å². The van der Waals surface area contributed by atoms with E-state index in [0.29, 0.717) is 11.0 Å². The number of quaternary nitrogens is 1. The van der Waals surface area contributed by atoms with Crippen molar-refractivity contribution in [1.29, 1.82) is 0 Å². The summed E-state index contributed by atoms with van der Waals surface area (Å²) in [6.45, 7) is 0.652. The molecule has 9 heteroatoms. The van der Waals surface area contributed by atoms with E-state index >= 15 is 0 Å². The molecule has 0 spiro atoms. The van der Waals surface area contributed by atoms with E-state index in [0.717, 1.165) is 0 Å². The molecule has 0 amide bonds. The van der Waals surface area contributed by atoms with Gasteiger partial charge in [0.25, 0.3) is 0 Å². The van der Waals surface area contributed by atoms with Gasteiger partial charge in [0.15, 0.2) is 0 Å². The zero-order valence-electron chi connectivity index (χ0n) is 8.48. The first-order valence-corrected chi connectivity index (χ1v) is 4.74. The molecule has 0 aliphatic heterocycles. The van der Waals surface area contributed by atoms with E-state index in [9.17, 15) is 4.57 Å². The topological polar surface area (TPSA) is 66.8 Å². The van der Waals surface area contributed by atoms with Crippen molar-refractivity contribution < 1.29 is 48.2 Å². The van der Waals surface area contributed by atoms with Crippen molar-refractivity contribution in [2.45, 2.75) is 0 Å². The van der Waals surface area contributed by atoms with Crippen LogP contribution < -0.4 is 24.8 Å². The van der Waals surface area contributed by atoms with E-state index in [2.05, 4.69) is 4.52 Å². The van der Waals surface area contributed by atoms with Crippen LogP contribution in [0.3, 0.4) is 0 Å². The Morgan fingerprint density at radius 3 is 1.79 bits per heavy atom. The number of phosphoric acid groups is 1. The summed E-state index contributed by atoms with van der Waals surface area (Å²) in [7, 11) is 1.50.